The molecular weight excluding hydrogens is 336 g/mol. The maximum atomic E-state index is 2.42. The van der Waals surface area contributed by atoms with Crippen LogP contribution in [0.25, 0.3) is 33.4 Å². The highest BCUT2D eigenvalue weighted by molar-refractivity contribution is 5.80. The number of hydrogen-bond donors (Lipinski definition) is 0. The molecule has 0 N–H and O–H groups in total. The van der Waals surface area contributed by atoms with Gasteiger partial charge in [0.1, 0.15) is 0 Å². The normalized spacial score (nSPS) is 13.9. The number of aryl methyl sites for hydroxylation is 4. The van der Waals surface area contributed by atoms with Gasteiger partial charge in [-0.25, -0.2) is 0 Å². The fourth-order valence-corrected chi connectivity index (χ4v) is 5.03. The van der Waals surface area contributed by atoms with Gasteiger partial charge in [0.05, 0.1) is 0 Å². The quantitative estimate of drug-likeness (QED) is 0.348. The minimum atomic E-state index is 1.14. The monoisotopic (exact) mass is 358 g/mol. The van der Waals surface area contributed by atoms with Crippen molar-refractivity contribution >= 4 is 0 Å². The summed E-state index contributed by atoms with van der Waals surface area (Å²) in [6.45, 7) is 0. The van der Waals surface area contributed by atoms with Crippen molar-refractivity contribution < 1.29 is 0 Å². The lowest BCUT2D eigenvalue weighted by molar-refractivity contribution is 0.940. The van der Waals surface area contributed by atoms with Gasteiger partial charge in [-0.3, -0.25) is 0 Å². The number of fused-ring (bicyclic) bond motifs is 6. The van der Waals surface area contributed by atoms with Gasteiger partial charge in [-0.15, -0.1) is 0 Å². The predicted octanol–water partition coefficient (Wildman–Crippen LogP) is 6.88. The van der Waals surface area contributed by atoms with E-state index in [1.165, 1.54) is 55.6 Å². The Morgan fingerprint density at radius 1 is 0.357 bits per heavy atom. The van der Waals surface area contributed by atoms with E-state index >= 15 is 0 Å². The maximum absolute atomic E-state index is 2.42. The Morgan fingerprint density at radius 3 is 1.25 bits per heavy atom. The average molecular weight is 358 g/mol. The SMILES string of the molecule is c1ccc2c(c1)CCc1cc(-c3ccc4c(c3)CCc3ccccc3-4)ccc1-2. The highest BCUT2D eigenvalue weighted by Gasteiger charge is 2.18. The van der Waals surface area contributed by atoms with Crippen LogP contribution in [0.1, 0.15) is 22.3 Å². The van der Waals surface area contributed by atoms with Gasteiger partial charge in [0, 0.05) is 0 Å². The Bertz CT molecular complexity index is 1120. The molecule has 2 aliphatic rings. The second kappa shape index (κ2) is 6.21. The summed E-state index contributed by atoms with van der Waals surface area (Å²) in [5.41, 5.74) is 14.3. The highest BCUT2D eigenvalue weighted by Crippen LogP contribution is 2.38. The third-order valence-corrected chi connectivity index (χ3v) is 6.49. The van der Waals surface area contributed by atoms with Gasteiger partial charge >= 0.3 is 0 Å². The van der Waals surface area contributed by atoms with Gasteiger partial charge in [-0.2, -0.15) is 0 Å². The molecule has 28 heavy (non-hydrogen) atoms. The van der Waals surface area contributed by atoms with Gasteiger partial charge in [-0.05, 0) is 81.3 Å². The zero-order chi connectivity index (χ0) is 18.5. The van der Waals surface area contributed by atoms with E-state index in [0.29, 0.717) is 0 Å². The lowest BCUT2D eigenvalue weighted by Crippen LogP contribution is -2.05. The van der Waals surface area contributed by atoms with Crippen LogP contribution in [0, 0.1) is 0 Å². The summed E-state index contributed by atoms with van der Waals surface area (Å²) in [6, 6.07) is 31.8. The van der Waals surface area contributed by atoms with Crippen molar-refractivity contribution in [2.45, 2.75) is 25.7 Å². The topological polar surface area (TPSA) is 0 Å². The first-order valence-corrected chi connectivity index (χ1v) is 10.3. The van der Waals surface area contributed by atoms with Crippen molar-refractivity contribution in [1.29, 1.82) is 0 Å². The van der Waals surface area contributed by atoms with E-state index in [9.17, 15) is 0 Å². The second-order valence-electron chi connectivity index (χ2n) is 8.06. The van der Waals surface area contributed by atoms with Crippen molar-refractivity contribution in [1.82, 2.24) is 0 Å². The van der Waals surface area contributed by atoms with Crippen molar-refractivity contribution in [2.24, 2.45) is 0 Å². The summed E-state index contributed by atoms with van der Waals surface area (Å²) in [5.74, 6) is 0. The van der Waals surface area contributed by atoms with E-state index in [1.807, 2.05) is 0 Å². The molecular formula is C28H22. The molecule has 0 amide bonds. The van der Waals surface area contributed by atoms with Gasteiger partial charge in [0.15, 0.2) is 0 Å². The van der Waals surface area contributed by atoms with Crippen LogP contribution in [0.3, 0.4) is 0 Å². The predicted molar refractivity (Wildman–Crippen MR) is 118 cm³/mol. The van der Waals surface area contributed by atoms with Crippen molar-refractivity contribution in [3.05, 3.63) is 107 Å². The number of hydrogen-bond acceptors (Lipinski definition) is 0. The van der Waals surface area contributed by atoms with Crippen molar-refractivity contribution in [3.63, 3.8) is 0 Å². The Hall–Kier alpha value is -3.12. The zero-order valence-electron chi connectivity index (χ0n) is 15.9. The molecule has 0 atom stereocenters. The summed E-state index contributed by atoms with van der Waals surface area (Å²) in [7, 11) is 0. The van der Waals surface area contributed by atoms with Crippen LogP contribution in [0.2, 0.25) is 0 Å². The van der Waals surface area contributed by atoms with Gasteiger partial charge in [-0.1, -0.05) is 84.9 Å². The van der Waals surface area contributed by atoms with E-state index in [4.69, 9.17) is 0 Å². The molecule has 2 aliphatic carbocycles. The average Bonchev–Trinajstić information content (AvgIpc) is 2.78. The molecule has 0 fully saturated rings. The molecule has 0 spiro atoms. The molecule has 134 valence electrons. The van der Waals surface area contributed by atoms with Crippen LogP contribution >= 0.6 is 0 Å². The Morgan fingerprint density at radius 2 is 0.750 bits per heavy atom. The van der Waals surface area contributed by atoms with E-state index < -0.39 is 0 Å². The number of benzene rings is 4. The first kappa shape index (κ1) is 15.9. The molecule has 0 aromatic heterocycles. The van der Waals surface area contributed by atoms with Crippen LogP contribution in [0.4, 0.5) is 0 Å². The van der Waals surface area contributed by atoms with Crippen LogP contribution < -0.4 is 0 Å². The Balaban J connectivity index is 1.42. The van der Waals surface area contributed by atoms with Crippen LogP contribution in [-0.4, -0.2) is 0 Å². The third-order valence-electron chi connectivity index (χ3n) is 6.49. The summed E-state index contributed by atoms with van der Waals surface area (Å²) in [6.07, 6.45) is 4.57. The summed E-state index contributed by atoms with van der Waals surface area (Å²) in [4.78, 5) is 0. The molecule has 0 heteroatoms. The Kier molecular flexibility index (Phi) is 3.52. The smallest absolute Gasteiger partial charge is 0.0149 e. The highest BCUT2D eigenvalue weighted by atomic mass is 14.2. The minimum absolute atomic E-state index is 1.14. The minimum Gasteiger partial charge on any atom is -0.0620 e. The standard InChI is InChI=1S/C28H22/c1-3-7-25-19(5-1)9-11-23-17-21(13-15-27(23)25)22-14-16-28-24(18-22)12-10-20-6-2-4-8-26(20)28/h1-8,13-18H,9-12H2. The van der Waals surface area contributed by atoms with Crippen molar-refractivity contribution in [3.8, 4) is 33.4 Å². The van der Waals surface area contributed by atoms with Crippen molar-refractivity contribution in [2.75, 3.05) is 0 Å². The fraction of sp³-hybridized carbons (Fsp3) is 0.143. The molecule has 0 radical (unpaired) electrons. The molecule has 0 nitrogen and oxygen atoms in total. The van der Waals surface area contributed by atoms with E-state index in [2.05, 4.69) is 84.9 Å². The van der Waals surface area contributed by atoms with E-state index in [0.717, 1.165) is 25.7 Å². The van der Waals surface area contributed by atoms with Gasteiger partial charge in [0.2, 0.25) is 0 Å². The van der Waals surface area contributed by atoms with Crippen LogP contribution in [-0.2, 0) is 25.7 Å². The lowest BCUT2D eigenvalue weighted by atomic mass is 9.82. The first-order chi connectivity index (χ1) is 13.9. The maximum Gasteiger partial charge on any atom is -0.0149 e. The van der Waals surface area contributed by atoms with E-state index in [1.54, 1.807) is 0 Å². The van der Waals surface area contributed by atoms with Crippen LogP contribution in [0.15, 0.2) is 84.9 Å². The van der Waals surface area contributed by atoms with Crippen LogP contribution in [0.5, 0.6) is 0 Å². The first-order valence-electron chi connectivity index (χ1n) is 10.3. The summed E-state index contributed by atoms with van der Waals surface area (Å²) < 4.78 is 0. The zero-order valence-corrected chi connectivity index (χ0v) is 15.9. The molecule has 0 heterocycles. The molecule has 0 unspecified atom stereocenters. The fourth-order valence-electron chi connectivity index (χ4n) is 5.03. The summed E-state index contributed by atoms with van der Waals surface area (Å²) in [5, 5.41) is 0. The van der Waals surface area contributed by atoms with Gasteiger partial charge in [0.25, 0.3) is 0 Å². The Labute approximate surface area is 166 Å². The molecule has 4 aromatic carbocycles. The molecule has 0 saturated heterocycles. The van der Waals surface area contributed by atoms with E-state index in [-0.39, 0.29) is 0 Å². The molecule has 0 aliphatic heterocycles. The molecule has 4 aromatic rings. The molecule has 6 rings (SSSR count). The summed E-state index contributed by atoms with van der Waals surface area (Å²) >= 11 is 0. The number of rotatable bonds is 1. The third kappa shape index (κ3) is 2.45. The molecule has 0 bridgehead atoms. The lowest BCUT2D eigenvalue weighted by Gasteiger charge is -2.22. The molecule has 0 saturated carbocycles. The second-order valence-corrected chi connectivity index (χ2v) is 8.06. The largest absolute Gasteiger partial charge is 0.0620 e. The van der Waals surface area contributed by atoms with Gasteiger partial charge < -0.3 is 0 Å².